The maximum absolute atomic E-state index is 12.9. The van der Waals surface area contributed by atoms with E-state index in [1.807, 2.05) is 6.07 Å². The molecule has 7 nitrogen and oxygen atoms in total. The molecule has 1 aliphatic heterocycles. The van der Waals surface area contributed by atoms with Gasteiger partial charge in [0.2, 0.25) is 0 Å². The summed E-state index contributed by atoms with van der Waals surface area (Å²) in [6.45, 7) is 3.43. The van der Waals surface area contributed by atoms with Crippen molar-refractivity contribution < 1.29 is 28.6 Å². The van der Waals surface area contributed by atoms with Crippen molar-refractivity contribution in [3.05, 3.63) is 21.9 Å². The molecule has 1 aromatic rings. The summed E-state index contributed by atoms with van der Waals surface area (Å²) in [4.78, 5) is 39.4. The lowest BCUT2D eigenvalue weighted by molar-refractivity contribution is -0.142. The van der Waals surface area contributed by atoms with Crippen LogP contribution in [0.15, 0.2) is 31.7 Å². The van der Waals surface area contributed by atoms with Crippen LogP contribution in [-0.2, 0) is 19.1 Å². The van der Waals surface area contributed by atoms with Gasteiger partial charge in [0, 0.05) is 0 Å². The van der Waals surface area contributed by atoms with Crippen molar-refractivity contribution in [1.82, 2.24) is 0 Å². The molecule has 0 unspecified atom stereocenters. The number of ether oxygens (including phenoxy) is 3. The van der Waals surface area contributed by atoms with Crippen molar-refractivity contribution in [3.63, 3.8) is 0 Å². The Hall–Kier alpha value is -2.44. The second-order valence-electron chi connectivity index (χ2n) is 9.66. The Kier molecular flexibility index (Phi) is 9.02. The Morgan fingerprint density at radius 1 is 0.833 bits per heavy atom. The fourth-order valence-electron chi connectivity index (χ4n) is 4.70. The minimum Gasteiger partial charge on any atom is -0.459 e. The number of rotatable bonds is 6. The van der Waals surface area contributed by atoms with Crippen molar-refractivity contribution in [2.45, 2.75) is 94.0 Å². The molecule has 2 fully saturated rings. The first-order valence-corrected chi connectivity index (χ1v) is 14.3. The topological polar surface area (TPSA) is 103 Å². The van der Waals surface area contributed by atoms with Gasteiger partial charge in [0.05, 0.1) is 32.0 Å². The zero-order valence-electron chi connectivity index (χ0n) is 20.7. The molecule has 0 bridgehead atoms. The van der Waals surface area contributed by atoms with Crippen LogP contribution in [0.1, 0.15) is 78.1 Å². The first-order valence-electron chi connectivity index (χ1n) is 12.7. The zero-order valence-corrected chi connectivity index (χ0v) is 22.3. The maximum atomic E-state index is 12.9. The molecule has 9 heteroatoms. The van der Waals surface area contributed by atoms with Crippen LogP contribution < -0.4 is 9.47 Å². The quantitative estimate of drug-likeness (QED) is 0.176. The number of fused-ring (bicyclic) bond motifs is 1. The maximum Gasteiger partial charge on any atom is 0.350 e. The molecule has 4 rings (SSSR count). The highest BCUT2D eigenvalue weighted by Gasteiger charge is 2.34. The van der Waals surface area contributed by atoms with Gasteiger partial charge in [-0.25, -0.2) is 4.79 Å². The molecule has 0 aromatic heterocycles. The van der Waals surface area contributed by atoms with Gasteiger partial charge in [-0.05, 0) is 51.7 Å². The van der Waals surface area contributed by atoms with Gasteiger partial charge in [-0.3, -0.25) is 9.59 Å². The van der Waals surface area contributed by atoms with Gasteiger partial charge in [-0.1, -0.05) is 62.0 Å². The highest BCUT2D eigenvalue weighted by atomic mass is 32.2. The number of nitriles is 1. The lowest BCUT2D eigenvalue weighted by Crippen LogP contribution is -2.23. The first-order chi connectivity index (χ1) is 17.4. The Balaban J connectivity index is 1.64. The fourth-order valence-corrected chi connectivity index (χ4v) is 7.25. The third-order valence-corrected chi connectivity index (χ3v) is 9.22. The SMILES string of the molecule is CC(C)OC(=O)C(C#N)=C1Sc2c(OC(=O)C3CCCCC3)ccc(OC(=O)C3CCCCC3)c2S1. The molecule has 0 spiro atoms. The van der Waals surface area contributed by atoms with E-state index in [0.29, 0.717) is 25.5 Å². The molecule has 0 N–H and O–H groups in total. The van der Waals surface area contributed by atoms with Crippen LogP contribution >= 0.6 is 23.5 Å². The van der Waals surface area contributed by atoms with Gasteiger partial charge < -0.3 is 14.2 Å². The van der Waals surface area contributed by atoms with Crippen LogP contribution in [0.3, 0.4) is 0 Å². The van der Waals surface area contributed by atoms with E-state index in [9.17, 15) is 19.6 Å². The van der Waals surface area contributed by atoms with E-state index in [0.717, 1.165) is 64.2 Å². The fraction of sp³-hybridized carbons (Fsp3) is 0.556. The van der Waals surface area contributed by atoms with E-state index < -0.39 is 5.97 Å². The molecule has 3 aliphatic rings. The van der Waals surface area contributed by atoms with Crippen molar-refractivity contribution in [2.24, 2.45) is 11.8 Å². The van der Waals surface area contributed by atoms with Crippen molar-refractivity contribution in [3.8, 4) is 17.6 Å². The van der Waals surface area contributed by atoms with Crippen LogP contribution in [0.4, 0.5) is 0 Å². The molecule has 2 aliphatic carbocycles. The van der Waals surface area contributed by atoms with E-state index in [2.05, 4.69) is 0 Å². The van der Waals surface area contributed by atoms with Gasteiger partial charge in [-0.2, -0.15) is 5.26 Å². The number of nitrogens with zero attached hydrogens (tertiary/aromatic N) is 1. The molecule has 0 radical (unpaired) electrons. The lowest BCUT2D eigenvalue weighted by atomic mass is 9.89. The normalized spacial score (nSPS) is 18.3. The molecular formula is C27H31NO6S2. The lowest BCUT2D eigenvalue weighted by Gasteiger charge is -2.21. The number of esters is 3. The van der Waals surface area contributed by atoms with Gasteiger partial charge >= 0.3 is 17.9 Å². The van der Waals surface area contributed by atoms with E-state index >= 15 is 0 Å². The Bertz CT molecular complexity index is 1030. The first kappa shape index (κ1) is 26.6. The number of hydrogen-bond acceptors (Lipinski definition) is 9. The number of hydrogen-bond donors (Lipinski definition) is 0. The number of carbonyl (C=O) groups excluding carboxylic acids is 3. The molecule has 0 amide bonds. The summed E-state index contributed by atoms with van der Waals surface area (Å²) >= 11 is 2.33. The summed E-state index contributed by atoms with van der Waals surface area (Å²) < 4.78 is 17.3. The highest BCUT2D eigenvalue weighted by Crippen LogP contribution is 2.59. The smallest absolute Gasteiger partial charge is 0.350 e. The van der Waals surface area contributed by atoms with E-state index in [1.165, 1.54) is 23.5 Å². The molecular weight excluding hydrogens is 498 g/mol. The second kappa shape index (κ2) is 12.2. The summed E-state index contributed by atoms with van der Waals surface area (Å²) in [7, 11) is 0. The monoisotopic (exact) mass is 529 g/mol. The Labute approximate surface area is 220 Å². The van der Waals surface area contributed by atoms with E-state index in [1.54, 1.807) is 26.0 Å². The minimum atomic E-state index is -0.711. The van der Waals surface area contributed by atoms with Crippen LogP contribution in [0.2, 0.25) is 0 Å². The average Bonchev–Trinajstić information content (AvgIpc) is 3.32. The van der Waals surface area contributed by atoms with Crippen molar-refractivity contribution in [1.29, 1.82) is 5.26 Å². The van der Waals surface area contributed by atoms with Gasteiger partial charge in [0.1, 0.15) is 17.6 Å². The summed E-state index contributed by atoms with van der Waals surface area (Å²) in [5, 5.41) is 9.71. The third-order valence-electron chi connectivity index (χ3n) is 6.59. The summed E-state index contributed by atoms with van der Waals surface area (Å²) in [5.41, 5.74) is -0.121. The average molecular weight is 530 g/mol. The number of benzene rings is 1. The zero-order chi connectivity index (χ0) is 25.7. The van der Waals surface area contributed by atoms with Crippen LogP contribution in [0, 0.1) is 23.2 Å². The van der Waals surface area contributed by atoms with E-state index in [4.69, 9.17) is 14.2 Å². The molecule has 1 heterocycles. The standard InChI is InChI=1S/C27H31NO6S2/c1-16(2)32-26(31)19(15-28)27-35-22-20(33-24(29)17-9-5-3-6-10-17)13-14-21(23(22)36-27)34-25(30)18-11-7-4-8-12-18/h13-14,16-18H,3-12H2,1-2H3. The predicted octanol–water partition coefficient (Wildman–Crippen LogP) is 6.54. The number of thioether (sulfide) groups is 2. The van der Waals surface area contributed by atoms with Crippen LogP contribution in [0.25, 0.3) is 0 Å². The molecule has 0 atom stereocenters. The molecule has 192 valence electrons. The third kappa shape index (κ3) is 6.27. The molecule has 36 heavy (non-hydrogen) atoms. The Morgan fingerprint density at radius 2 is 1.28 bits per heavy atom. The summed E-state index contributed by atoms with van der Waals surface area (Å²) in [6.07, 6.45) is 9.16. The van der Waals surface area contributed by atoms with Crippen LogP contribution in [-0.4, -0.2) is 24.0 Å². The number of carbonyl (C=O) groups is 3. The predicted molar refractivity (Wildman–Crippen MR) is 136 cm³/mol. The molecule has 2 saturated carbocycles. The van der Waals surface area contributed by atoms with Gasteiger partial charge in [0.25, 0.3) is 0 Å². The van der Waals surface area contributed by atoms with Crippen LogP contribution in [0.5, 0.6) is 11.5 Å². The van der Waals surface area contributed by atoms with E-state index in [-0.39, 0.29) is 35.5 Å². The van der Waals surface area contributed by atoms with Crippen molar-refractivity contribution in [2.75, 3.05) is 0 Å². The highest BCUT2D eigenvalue weighted by molar-refractivity contribution is 8.24. The Morgan fingerprint density at radius 3 is 1.67 bits per heavy atom. The van der Waals surface area contributed by atoms with Gasteiger partial charge in [-0.15, -0.1) is 0 Å². The molecule has 0 saturated heterocycles. The van der Waals surface area contributed by atoms with Gasteiger partial charge in [0.15, 0.2) is 5.57 Å². The molecule has 1 aromatic carbocycles. The summed E-state index contributed by atoms with van der Waals surface area (Å²) in [6, 6.07) is 5.23. The second-order valence-corrected chi connectivity index (χ2v) is 12.0. The largest absolute Gasteiger partial charge is 0.459 e. The minimum absolute atomic E-state index is 0.121. The summed E-state index contributed by atoms with van der Waals surface area (Å²) in [5.74, 6) is -0.832. The van der Waals surface area contributed by atoms with Crippen molar-refractivity contribution >= 4 is 41.4 Å².